The molecular weight excluding hydrogens is 180 g/mol. The number of thioether (sulfide) groups is 1. The normalized spacial score (nSPS) is 32.9. The second-order valence-corrected chi connectivity index (χ2v) is 5.48. The van der Waals surface area contributed by atoms with Crippen molar-refractivity contribution < 1.29 is 4.74 Å². The minimum atomic E-state index is 0.208. The molecule has 1 heterocycles. The van der Waals surface area contributed by atoms with Crippen LogP contribution in [0.2, 0.25) is 0 Å². The van der Waals surface area contributed by atoms with E-state index in [1.807, 2.05) is 18.7 Å². The number of ether oxygens (including phenoxy) is 1. The maximum atomic E-state index is 5.65. The summed E-state index contributed by atoms with van der Waals surface area (Å²) in [5, 5.41) is 0. The van der Waals surface area contributed by atoms with Crippen molar-refractivity contribution in [2.24, 2.45) is 0 Å². The van der Waals surface area contributed by atoms with E-state index in [1.165, 1.54) is 18.6 Å². The molecule has 0 spiro atoms. The lowest BCUT2D eigenvalue weighted by Crippen LogP contribution is -2.29. The zero-order valence-electron chi connectivity index (χ0n) is 9.09. The summed E-state index contributed by atoms with van der Waals surface area (Å²) in [4.78, 5) is 0. The molecule has 1 aliphatic heterocycles. The van der Waals surface area contributed by atoms with Crippen LogP contribution in [0.5, 0.6) is 0 Å². The van der Waals surface area contributed by atoms with Crippen molar-refractivity contribution >= 4 is 11.8 Å². The predicted octanol–water partition coefficient (Wildman–Crippen LogP) is 3.60. The molecule has 76 valence electrons. The first-order chi connectivity index (χ1) is 6.08. The van der Waals surface area contributed by atoms with Gasteiger partial charge in [0.1, 0.15) is 6.10 Å². The van der Waals surface area contributed by atoms with Crippen LogP contribution in [0.3, 0.4) is 0 Å². The van der Waals surface area contributed by atoms with Gasteiger partial charge in [0.05, 0.1) is 10.5 Å². The molecular formula is C11H20OS. The zero-order chi connectivity index (χ0) is 9.90. The Balaban J connectivity index is 2.45. The molecule has 13 heavy (non-hydrogen) atoms. The lowest BCUT2D eigenvalue weighted by molar-refractivity contribution is 0.145. The van der Waals surface area contributed by atoms with Gasteiger partial charge in [-0.1, -0.05) is 13.3 Å². The number of hydrogen-bond donors (Lipinski definition) is 0. The summed E-state index contributed by atoms with van der Waals surface area (Å²) >= 11 is 2.02. The van der Waals surface area contributed by atoms with Crippen LogP contribution in [0, 0.1) is 0 Å². The SMILES string of the molecule is CCCCS[C@@]1(C)C=C(C)OC1C. The smallest absolute Gasteiger partial charge is 0.113 e. The van der Waals surface area contributed by atoms with Gasteiger partial charge in [-0.05, 0) is 39.0 Å². The predicted molar refractivity (Wildman–Crippen MR) is 60.1 cm³/mol. The maximum absolute atomic E-state index is 5.65. The molecule has 0 aromatic rings. The second-order valence-electron chi connectivity index (χ2n) is 3.90. The van der Waals surface area contributed by atoms with Gasteiger partial charge in [-0.3, -0.25) is 0 Å². The monoisotopic (exact) mass is 200 g/mol. The fraction of sp³-hybridized carbons (Fsp3) is 0.818. The third-order valence-corrected chi connectivity index (χ3v) is 4.14. The van der Waals surface area contributed by atoms with Crippen molar-refractivity contribution in [2.75, 3.05) is 5.75 Å². The first kappa shape index (κ1) is 11.0. The molecule has 0 aromatic carbocycles. The molecule has 0 aliphatic carbocycles. The maximum Gasteiger partial charge on any atom is 0.113 e. The van der Waals surface area contributed by atoms with Crippen molar-refractivity contribution in [3.63, 3.8) is 0 Å². The Morgan fingerprint density at radius 3 is 2.77 bits per heavy atom. The molecule has 0 amide bonds. The minimum Gasteiger partial charge on any atom is -0.494 e. The zero-order valence-corrected chi connectivity index (χ0v) is 9.91. The molecule has 0 radical (unpaired) electrons. The van der Waals surface area contributed by atoms with E-state index in [0.717, 1.165) is 5.76 Å². The molecule has 2 atom stereocenters. The van der Waals surface area contributed by atoms with Crippen LogP contribution in [0.4, 0.5) is 0 Å². The average molecular weight is 200 g/mol. The van der Waals surface area contributed by atoms with Crippen LogP contribution < -0.4 is 0 Å². The highest BCUT2D eigenvalue weighted by molar-refractivity contribution is 8.00. The van der Waals surface area contributed by atoms with Gasteiger partial charge >= 0.3 is 0 Å². The molecule has 1 nitrogen and oxygen atoms in total. The summed E-state index contributed by atoms with van der Waals surface area (Å²) in [6, 6.07) is 0. The fourth-order valence-corrected chi connectivity index (χ4v) is 2.95. The summed E-state index contributed by atoms with van der Waals surface area (Å²) in [6.07, 6.45) is 5.17. The van der Waals surface area contributed by atoms with E-state index in [1.54, 1.807) is 0 Å². The Morgan fingerprint density at radius 2 is 2.31 bits per heavy atom. The van der Waals surface area contributed by atoms with Crippen molar-refractivity contribution in [1.82, 2.24) is 0 Å². The highest BCUT2D eigenvalue weighted by Crippen LogP contribution is 2.39. The van der Waals surface area contributed by atoms with Crippen molar-refractivity contribution in [3.8, 4) is 0 Å². The summed E-state index contributed by atoms with van der Waals surface area (Å²) in [5.41, 5.74) is 0. The summed E-state index contributed by atoms with van der Waals surface area (Å²) in [5.74, 6) is 2.32. The van der Waals surface area contributed by atoms with Gasteiger partial charge in [-0.25, -0.2) is 0 Å². The number of hydrogen-bond acceptors (Lipinski definition) is 2. The molecule has 0 N–H and O–H groups in total. The summed E-state index contributed by atoms with van der Waals surface area (Å²) in [7, 11) is 0. The van der Waals surface area contributed by atoms with E-state index in [0.29, 0.717) is 6.10 Å². The first-order valence-electron chi connectivity index (χ1n) is 5.08. The third kappa shape index (κ3) is 2.67. The molecule has 0 aromatic heterocycles. The largest absolute Gasteiger partial charge is 0.494 e. The fourth-order valence-electron chi connectivity index (χ4n) is 1.55. The van der Waals surface area contributed by atoms with Crippen LogP contribution in [-0.4, -0.2) is 16.6 Å². The average Bonchev–Trinajstić information content (AvgIpc) is 2.27. The van der Waals surface area contributed by atoms with E-state index in [-0.39, 0.29) is 4.75 Å². The molecule has 0 saturated carbocycles. The Kier molecular flexibility index (Phi) is 3.72. The van der Waals surface area contributed by atoms with Crippen LogP contribution in [0.25, 0.3) is 0 Å². The van der Waals surface area contributed by atoms with Gasteiger partial charge in [-0.15, -0.1) is 11.8 Å². The molecule has 1 aliphatic rings. The third-order valence-electron chi connectivity index (χ3n) is 2.57. The van der Waals surface area contributed by atoms with E-state index in [4.69, 9.17) is 4.74 Å². The quantitative estimate of drug-likeness (QED) is 0.641. The van der Waals surface area contributed by atoms with E-state index in [9.17, 15) is 0 Å². The Hall–Kier alpha value is -0.110. The molecule has 1 unspecified atom stereocenters. The summed E-state index contributed by atoms with van der Waals surface area (Å²) in [6.45, 7) is 8.71. The Labute approximate surface area is 85.9 Å². The van der Waals surface area contributed by atoms with E-state index < -0.39 is 0 Å². The Morgan fingerprint density at radius 1 is 1.62 bits per heavy atom. The highest BCUT2D eigenvalue weighted by atomic mass is 32.2. The van der Waals surface area contributed by atoms with Gasteiger partial charge in [0, 0.05) is 0 Å². The molecule has 0 bridgehead atoms. The van der Waals surface area contributed by atoms with E-state index in [2.05, 4.69) is 26.8 Å². The van der Waals surface area contributed by atoms with Crippen molar-refractivity contribution in [2.45, 2.75) is 51.4 Å². The lowest BCUT2D eigenvalue weighted by atomic mass is 10.1. The standard InChI is InChI=1S/C11H20OS/c1-5-6-7-13-11(4)8-9(2)12-10(11)3/h8,10H,5-7H2,1-4H3/t10?,11-/m0/s1. The second kappa shape index (κ2) is 4.41. The molecule has 0 saturated heterocycles. The highest BCUT2D eigenvalue weighted by Gasteiger charge is 2.36. The van der Waals surface area contributed by atoms with Gasteiger partial charge in [0.15, 0.2) is 0 Å². The topological polar surface area (TPSA) is 9.23 Å². The van der Waals surface area contributed by atoms with Gasteiger partial charge in [-0.2, -0.15) is 0 Å². The number of rotatable bonds is 4. The van der Waals surface area contributed by atoms with Gasteiger partial charge < -0.3 is 4.74 Å². The van der Waals surface area contributed by atoms with E-state index >= 15 is 0 Å². The van der Waals surface area contributed by atoms with Crippen LogP contribution in [0.15, 0.2) is 11.8 Å². The van der Waals surface area contributed by atoms with Crippen molar-refractivity contribution in [1.29, 1.82) is 0 Å². The lowest BCUT2D eigenvalue weighted by Gasteiger charge is -2.25. The first-order valence-corrected chi connectivity index (χ1v) is 6.07. The van der Waals surface area contributed by atoms with Crippen LogP contribution in [0.1, 0.15) is 40.5 Å². The molecule has 0 fully saturated rings. The molecule has 2 heteroatoms. The number of unbranched alkanes of at least 4 members (excludes halogenated alkanes) is 1. The van der Waals surface area contributed by atoms with Crippen molar-refractivity contribution in [3.05, 3.63) is 11.8 Å². The van der Waals surface area contributed by atoms with Gasteiger partial charge in [0.25, 0.3) is 0 Å². The van der Waals surface area contributed by atoms with Crippen LogP contribution >= 0.6 is 11.8 Å². The minimum absolute atomic E-state index is 0.208. The molecule has 1 rings (SSSR count). The Bertz CT molecular complexity index is 200. The number of allylic oxidation sites excluding steroid dienone is 1. The van der Waals surface area contributed by atoms with Gasteiger partial charge in [0.2, 0.25) is 0 Å². The van der Waals surface area contributed by atoms with Crippen LogP contribution in [-0.2, 0) is 4.74 Å². The summed E-state index contributed by atoms with van der Waals surface area (Å²) < 4.78 is 5.86.